The first kappa shape index (κ1) is 13.2. The minimum Gasteiger partial charge on any atom is -0.481 e. The van der Waals surface area contributed by atoms with E-state index in [1.807, 2.05) is 0 Å². The topological polar surface area (TPSA) is 83.9 Å². The molecule has 0 aliphatic carbocycles. The highest BCUT2D eigenvalue weighted by molar-refractivity contribution is 6.16. The largest absolute Gasteiger partial charge is 0.481 e. The molecule has 0 aromatic heterocycles. The van der Waals surface area contributed by atoms with Gasteiger partial charge in [0.15, 0.2) is 0 Å². The molecule has 2 amide bonds. The molecule has 0 unspecified atom stereocenters. The number of aliphatic carboxylic acids is 1. The van der Waals surface area contributed by atoms with Gasteiger partial charge in [0, 0.05) is 6.42 Å². The number of carboxylic acid groups (broad SMARTS) is 1. The zero-order valence-electron chi connectivity index (χ0n) is 10.2. The zero-order valence-corrected chi connectivity index (χ0v) is 10.2. The van der Waals surface area contributed by atoms with Gasteiger partial charge in [-0.15, -0.1) is 0 Å². The van der Waals surface area contributed by atoms with Crippen molar-refractivity contribution in [3.63, 3.8) is 0 Å². The van der Waals surface area contributed by atoms with Crippen LogP contribution >= 0.6 is 0 Å². The van der Waals surface area contributed by atoms with Crippen molar-refractivity contribution in [2.45, 2.75) is 12.8 Å². The van der Waals surface area contributed by atoms with Crippen LogP contribution in [0.1, 0.15) is 12.0 Å². The van der Waals surface area contributed by atoms with Crippen molar-refractivity contribution < 1.29 is 24.2 Å². The van der Waals surface area contributed by atoms with E-state index in [9.17, 15) is 14.4 Å². The smallest absolute Gasteiger partial charge is 0.303 e. The predicted octanol–water partition coefficient (Wildman–Crippen LogP) is 0.594. The van der Waals surface area contributed by atoms with Crippen LogP contribution in [-0.2, 0) is 25.5 Å². The Labute approximate surface area is 109 Å². The molecule has 6 heteroatoms. The fraction of sp³-hybridized carbons (Fsp3) is 0.308. The summed E-state index contributed by atoms with van der Waals surface area (Å²) in [6.07, 6.45) is 0.468. The lowest BCUT2D eigenvalue weighted by atomic mass is 10.1. The summed E-state index contributed by atoms with van der Waals surface area (Å²) in [4.78, 5) is 34.8. The molecule has 19 heavy (non-hydrogen) atoms. The van der Waals surface area contributed by atoms with Gasteiger partial charge in [-0.25, -0.2) is 4.90 Å². The summed E-state index contributed by atoms with van der Waals surface area (Å²) in [7, 11) is 0. The van der Waals surface area contributed by atoms with Crippen molar-refractivity contribution in [3.05, 3.63) is 29.8 Å². The van der Waals surface area contributed by atoms with Gasteiger partial charge in [-0.1, -0.05) is 12.1 Å². The SMILES string of the molecule is O=C(O)CCc1ccc(N2C(=O)COCC2=O)cc1. The molecule has 1 aromatic rings. The van der Waals surface area contributed by atoms with Crippen LogP contribution in [-0.4, -0.2) is 36.1 Å². The van der Waals surface area contributed by atoms with Crippen LogP contribution < -0.4 is 4.90 Å². The molecule has 0 radical (unpaired) electrons. The first-order valence-corrected chi connectivity index (χ1v) is 5.82. The number of carbonyl (C=O) groups is 3. The number of anilines is 1. The highest BCUT2D eigenvalue weighted by atomic mass is 16.5. The number of benzene rings is 1. The summed E-state index contributed by atoms with van der Waals surface area (Å²) in [5, 5.41) is 8.59. The molecule has 6 nitrogen and oxygen atoms in total. The number of carbonyl (C=O) groups excluding carboxylic acids is 2. The molecule has 1 aliphatic rings. The molecule has 0 bridgehead atoms. The molecule has 1 heterocycles. The highest BCUT2D eigenvalue weighted by Crippen LogP contribution is 2.18. The van der Waals surface area contributed by atoms with Gasteiger partial charge in [0.2, 0.25) is 0 Å². The first-order chi connectivity index (χ1) is 9.08. The van der Waals surface area contributed by atoms with Crippen LogP contribution in [0.2, 0.25) is 0 Å². The minimum atomic E-state index is -0.859. The van der Waals surface area contributed by atoms with Gasteiger partial charge >= 0.3 is 5.97 Å². The van der Waals surface area contributed by atoms with E-state index in [-0.39, 0.29) is 19.6 Å². The highest BCUT2D eigenvalue weighted by Gasteiger charge is 2.27. The number of rotatable bonds is 4. The lowest BCUT2D eigenvalue weighted by molar-refractivity contribution is -0.138. The van der Waals surface area contributed by atoms with Crippen LogP contribution in [0.15, 0.2) is 24.3 Å². The number of amides is 2. The molecule has 1 fully saturated rings. The molecule has 0 spiro atoms. The Morgan fingerprint density at radius 1 is 1.16 bits per heavy atom. The molecular weight excluding hydrogens is 250 g/mol. The van der Waals surface area contributed by atoms with E-state index in [0.29, 0.717) is 12.1 Å². The van der Waals surface area contributed by atoms with Crippen molar-refractivity contribution in [3.8, 4) is 0 Å². The molecule has 0 atom stereocenters. The first-order valence-electron chi connectivity index (χ1n) is 5.82. The fourth-order valence-corrected chi connectivity index (χ4v) is 1.84. The zero-order chi connectivity index (χ0) is 13.8. The number of carboxylic acids is 1. The maximum Gasteiger partial charge on any atom is 0.303 e. The van der Waals surface area contributed by atoms with Crippen molar-refractivity contribution in [1.29, 1.82) is 0 Å². The van der Waals surface area contributed by atoms with Gasteiger partial charge in [0.1, 0.15) is 13.2 Å². The van der Waals surface area contributed by atoms with E-state index in [0.717, 1.165) is 10.5 Å². The lowest BCUT2D eigenvalue weighted by Gasteiger charge is -2.24. The van der Waals surface area contributed by atoms with Crippen LogP contribution in [0.25, 0.3) is 0 Å². The Hall–Kier alpha value is -2.21. The summed E-state index contributed by atoms with van der Waals surface area (Å²) >= 11 is 0. The van der Waals surface area contributed by atoms with Gasteiger partial charge in [0.05, 0.1) is 5.69 Å². The summed E-state index contributed by atoms with van der Waals surface area (Å²) in [6.45, 7) is -0.209. The molecular formula is C13H13NO5. The second kappa shape index (κ2) is 5.62. The van der Waals surface area contributed by atoms with Crippen LogP contribution in [0.5, 0.6) is 0 Å². The molecule has 100 valence electrons. The summed E-state index contributed by atoms with van der Waals surface area (Å²) < 4.78 is 4.83. The molecule has 1 aliphatic heterocycles. The minimum absolute atomic E-state index is 0.0504. The van der Waals surface area contributed by atoms with Crippen molar-refractivity contribution in [2.75, 3.05) is 18.1 Å². The normalized spacial score (nSPS) is 15.7. The lowest BCUT2D eigenvalue weighted by Crippen LogP contribution is -2.46. The molecule has 1 N–H and O–H groups in total. The van der Waals surface area contributed by atoms with Crippen LogP contribution in [0.3, 0.4) is 0 Å². The van der Waals surface area contributed by atoms with E-state index >= 15 is 0 Å². The van der Waals surface area contributed by atoms with E-state index in [4.69, 9.17) is 9.84 Å². The standard InChI is InChI=1S/C13H13NO5/c15-11-7-19-8-12(16)14(11)10-4-1-9(2-5-10)3-6-13(17)18/h1-2,4-5H,3,6-8H2,(H,17,18). The molecule has 1 aromatic carbocycles. The van der Waals surface area contributed by atoms with Gasteiger partial charge in [0.25, 0.3) is 11.8 Å². The third-order valence-corrected chi connectivity index (χ3v) is 2.77. The summed E-state index contributed by atoms with van der Waals surface area (Å²) in [5.41, 5.74) is 1.33. The van der Waals surface area contributed by atoms with Gasteiger partial charge < -0.3 is 9.84 Å². The van der Waals surface area contributed by atoms with Gasteiger partial charge in [-0.05, 0) is 24.1 Å². The Balaban J connectivity index is 2.11. The number of nitrogens with zero attached hydrogens (tertiary/aromatic N) is 1. The molecule has 0 saturated carbocycles. The van der Waals surface area contributed by atoms with Crippen molar-refractivity contribution >= 4 is 23.5 Å². The second-order valence-electron chi connectivity index (χ2n) is 4.18. The number of aryl methyl sites for hydroxylation is 1. The van der Waals surface area contributed by atoms with E-state index in [1.54, 1.807) is 24.3 Å². The second-order valence-corrected chi connectivity index (χ2v) is 4.18. The van der Waals surface area contributed by atoms with E-state index < -0.39 is 17.8 Å². The number of hydrogen-bond donors (Lipinski definition) is 1. The summed E-state index contributed by atoms with van der Waals surface area (Å²) in [5.74, 6) is -1.65. The Morgan fingerprint density at radius 3 is 2.26 bits per heavy atom. The Kier molecular flexibility index (Phi) is 3.91. The Morgan fingerprint density at radius 2 is 1.74 bits per heavy atom. The average molecular weight is 263 g/mol. The van der Waals surface area contributed by atoms with Gasteiger partial charge in [-0.2, -0.15) is 0 Å². The molecule has 1 saturated heterocycles. The third kappa shape index (κ3) is 3.17. The Bertz CT molecular complexity index is 492. The predicted molar refractivity (Wildman–Crippen MR) is 65.7 cm³/mol. The van der Waals surface area contributed by atoms with E-state index in [1.165, 1.54) is 0 Å². The van der Waals surface area contributed by atoms with Gasteiger partial charge in [-0.3, -0.25) is 14.4 Å². The van der Waals surface area contributed by atoms with E-state index in [2.05, 4.69) is 0 Å². The van der Waals surface area contributed by atoms with Crippen molar-refractivity contribution in [2.24, 2.45) is 0 Å². The maximum absolute atomic E-state index is 11.6. The fourth-order valence-electron chi connectivity index (χ4n) is 1.84. The average Bonchev–Trinajstić information content (AvgIpc) is 2.37. The summed E-state index contributed by atoms with van der Waals surface area (Å²) in [6, 6.07) is 6.71. The third-order valence-electron chi connectivity index (χ3n) is 2.77. The number of morpholine rings is 1. The molecule has 2 rings (SSSR count). The van der Waals surface area contributed by atoms with Crippen molar-refractivity contribution in [1.82, 2.24) is 0 Å². The van der Waals surface area contributed by atoms with Crippen LogP contribution in [0, 0.1) is 0 Å². The number of hydrogen-bond acceptors (Lipinski definition) is 4. The number of ether oxygens (including phenoxy) is 1. The monoisotopic (exact) mass is 263 g/mol. The van der Waals surface area contributed by atoms with Crippen LogP contribution in [0.4, 0.5) is 5.69 Å². The maximum atomic E-state index is 11.6. The number of imide groups is 1. The quantitative estimate of drug-likeness (QED) is 0.804.